The molecule has 3 rings (SSSR count). The van der Waals surface area contributed by atoms with Crippen molar-refractivity contribution in [2.45, 2.75) is 43.8 Å². The van der Waals surface area contributed by atoms with E-state index in [-0.39, 0.29) is 5.75 Å². The van der Waals surface area contributed by atoms with Gasteiger partial charge in [-0.05, 0) is 54.2 Å². The van der Waals surface area contributed by atoms with Gasteiger partial charge in [-0.3, -0.25) is 0 Å². The molecule has 0 saturated heterocycles. The molecule has 1 fully saturated rings. The monoisotopic (exact) mass is 372 g/mol. The largest absolute Gasteiger partial charge is 0.423 e. The second kappa shape index (κ2) is 8.04. The molecule has 5 heteroatoms. The van der Waals surface area contributed by atoms with Gasteiger partial charge in [0.25, 0.3) is 0 Å². The fraction of sp³-hybridized carbons (Fsp3) is 0.381. The van der Waals surface area contributed by atoms with Gasteiger partial charge in [0.2, 0.25) is 0 Å². The van der Waals surface area contributed by atoms with Crippen molar-refractivity contribution in [3.8, 4) is 5.75 Å². The molecule has 2 aromatic carbocycles. The molecule has 0 amide bonds. The van der Waals surface area contributed by atoms with Gasteiger partial charge in [0.1, 0.15) is 5.75 Å². The summed E-state index contributed by atoms with van der Waals surface area (Å²) in [5.41, 5.74) is 2.23. The lowest BCUT2D eigenvalue weighted by atomic mass is 9.84. The minimum absolute atomic E-state index is 0.0931. The highest BCUT2D eigenvalue weighted by molar-refractivity contribution is 7.89. The maximum Gasteiger partial charge on any atom is 0.343 e. The van der Waals surface area contributed by atoms with Crippen molar-refractivity contribution in [3.05, 3.63) is 65.2 Å². The van der Waals surface area contributed by atoms with Crippen LogP contribution in [-0.4, -0.2) is 20.6 Å². The third kappa shape index (κ3) is 5.18. The highest BCUT2D eigenvalue weighted by Gasteiger charge is 2.16. The summed E-state index contributed by atoms with van der Waals surface area (Å²) in [5.74, 6) is 0.541. The quantitative estimate of drug-likeness (QED) is 0.573. The fourth-order valence-corrected chi connectivity index (χ4v) is 4.29. The van der Waals surface area contributed by atoms with Gasteiger partial charge < -0.3 is 4.74 Å². The average molecular weight is 372 g/mol. The van der Waals surface area contributed by atoms with Gasteiger partial charge in [0.05, 0.1) is 11.3 Å². The van der Waals surface area contributed by atoms with Crippen molar-refractivity contribution in [2.24, 2.45) is 0 Å². The average Bonchev–Trinajstić information content (AvgIpc) is 2.62. The number of carbonyl (C=O) groups is 1. The molecule has 0 spiro atoms. The van der Waals surface area contributed by atoms with E-state index in [1.807, 2.05) is 24.3 Å². The Morgan fingerprint density at radius 3 is 2.38 bits per heavy atom. The molecule has 2 aromatic rings. The zero-order valence-electron chi connectivity index (χ0n) is 15.0. The summed E-state index contributed by atoms with van der Waals surface area (Å²) < 4.78 is 28.3. The van der Waals surface area contributed by atoms with Crippen LogP contribution < -0.4 is 4.74 Å². The maximum atomic E-state index is 12.3. The number of esters is 1. The molecule has 1 aliphatic carbocycles. The Labute approximate surface area is 155 Å². The van der Waals surface area contributed by atoms with Crippen LogP contribution in [0.3, 0.4) is 0 Å². The predicted octanol–water partition coefficient (Wildman–Crippen LogP) is 4.50. The Balaban J connectivity index is 1.67. The van der Waals surface area contributed by atoms with Gasteiger partial charge >= 0.3 is 5.97 Å². The number of hydrogen-bond acceptors (Lipinski definition) is 4. The van der Waals surface area contributed by atoms with Crippen LogP contribution in [0.4, 0.5) is 0 Å². The highest BCUT2D eigenvalue weighted by atomic mass is 32.2. The Kier molecular flexibility index (Phi) is 5.77. The van der Waals surface area contributed by atoms with Crippen LogP contribution in [0.2, 0.25) is 0 Å². The molecule has 0 radical (unpaired) electrons. The number of sulfone groups is 1. The third-order valence-electron chi connectivity index (χ3n) is 4.76. The standard InChI is InChI=1S/C21H24O4S/c1-26(23,24)15-16-6-5-9-19(14-16)21(22)25-20-12-10-18(11-13-20)17-7-3-2-4-8-17/h5-6,9-14,17H,2-4,7-8,15H2,1H3. The van der Waals surface area contributed by atoms with Gasteiger partial charge in [-0.15, -0.1) is 0 Å². The molecule has 0 aliphatic heterocycles. The first-order chi connectivity index (χ1) is 12.4. The minimum Gasteiger partial charge on any atom is -0.423 e. The fourth-order valence-electron chi connectivity index (χ4n) is 3.50. The first-order valence-electron chi connectivity index (χ1n) is 8.99. The SMILES string of the molecule is CS(=O)(=O)Cc1cccc(C(=O)Oc2ccc(C3CCCCC3)cc2)c1. The molecule has 0 aromatic heterocycles. The predicted molar refractivity (Wildman–Crippen MR) is 102 cm³/mol. The summed E-state index contributed by atoms with van der Waals surface area (Å²) >= 11 is 0. The molecule has 0 unspecified atom stereocenters. The van der Waals surface area contributed by atoms with Crippen molar-refractivity contribution in [1.29, 1.82) is 0 Å². The van der Waals surface area contributed by atoms with Gasteiger partial charge in [-0.2, -0.15) is 0 Å². The first kappa shape index (κ1) is 18.6. The van der Waals surface area contributed by atoms with E-state index in [2.05, 4.69) is 0 Å². The highest BCUT2D eigenvalue weighted by Crippen LogP contribution is 2.33. The van der Waals surface area contributed by atoms with Crippen molar-refractivity contribution in [3.63, 3.8) is 0 Å². The molecule has 138 valence electrons. The van der Waals surface area contributed by atoms with E-state index in [1.165, 1.54) is 43.9 Å². The first-order valence-corrected chi connectivity index (χ1v) is 11.1. The van der Waals surface area contributed by atoms with E-state index in [0.29, 0.717) is 22.8 Å². The van der Waals surface area contributed by atoms with Crippen LogP contribution in [0.25, 0.3) is 0 Å². The third-order valence-corrected chi connectivity index (χ3v) is 5.62. The Bertz CT molecular complexity index is 863. The Morgan fingerprint density at radius 2 is 1.73 bits per heavy atom. The molecule has 4 nitrogen and oxygen atoms in total. The summed E-state index contributed by atoms with van der Waals surface area (Å²) in [6.07, 6.45) is 7.52. The number of rotatable bonds is 5. The van der Waals surface area contributed by atoms with Crippen LogP contribution in [0.5, 0.6) is 5.75 Å². The number of hydrogen-bond donors (Lipinski definition) is 0. The zero-order valence-corrected chi connectivity index (χ0v) is 15.8. The van der Waals surface area contributed by atoms with Crippen molar-refractivity contribution >= 4 is 15.8 Å². The molecule has 1 aliphatic rings. The molecule has 26 heavy (non-hydrogen) atoms. The molecule has 0 N–H and O–H groups in total. The Hall–Kier alpha value is -2.14. The topological polar surface area (TPSA) is 60.4 Å². The summed E-state index contributed by atoms with van der Waals surface area (Å²) in [5, 5.41) is 0. The number of benzene rings is 2. The van der Waals surface area contributed by atoms with Crippen molar-refractivity contribution in [2.75, 3.05) is 6.26 Å². The molecule has 0 atom stereocenters. The van der Waals surface area contributed by atoms with Gasteiger partial charge in [-0.1, -0.05) is 43.5 Å². The van der Waals surface area contributed by atoms with Crippen LogP contribution in [-0.2, 0) is 15.6 Å². The van der Waals surface area contributed by atoms with E-state index in [9.17, 15) is 13.2 Å². The van der Waals surface area contributed by atoms with Crippen LogP contribution in [0.15, 0.2) is 48.5 Å². The van der Waals surface area contributed by atoms with Crippen LogP contribution in [0.1, 0.15) is 59.5 Å². The number of ether oxygens (including phenoxy) is 1. The van der Waals surface area contributed by atoms with Gasteiger partial charge in [0, 0.05) is 6.26 Å². The van der Waals surface area contributed by atoms with Crippen molar-refractivity contribution in [1.82, 2.24) is 0 Å². The molecule has 0 bridgehead atoms. The molecule has 0 heterocycles. The lowest BCUT2D eigenvalue weighted by molar-refractivity contribution is 0.0734. The summed E-state index contributed by atoms with van der Waals surface area (Å²) in [4.78, 5) is 12.3. The molecule has 1 saturated carbocycles. The second-order valence-corrected chi connectivity index (χ2v) is 9.20. The van der Waals surface area contributed by atoms with E-state index < -0.39 is 15.8 Å². The summed E-state index contributed by atoms with van der Waals surface area (Å²) in [6.45, 7) is 0. The normalized spacial score (nSPS) is 15.6. The van der Waals surface area contributed by atoms with Crippen molar-refractivity contribution < 1.29 is 17.9 Å². The van der Waals surface area contributed by atoms with Crippen LogP contribution >= 0.6 is 0 Å². The van der Waals surface area contributed by atoms with Crippen LogP contribution in [0, 0.1) is 0 Å². The van der Waals surface area contributed by atoms with E-state index in [4.69, 9.17) is 4.74 Å². The smallest absolute Gasteiger partial charge is 0.343 e. The van der Waals surface area contributed by atoms with E-state index in [1.54, 1.807) is 24.3 Å². The summed E-state index contributed by atoms with van der Waals surface area (Å²) in [7, 11) is -3.15. The summed E-state index contributed by atoms with van der Waals surface area (Å²) in [6, 6.07) is 14.3. The Morgan fingerprint density at radius 1 is 1.04 bits per heavy atom. The minimum atomic E-state index is -3.15. The van der Waals surface area contributed by atoms with Gasteiger partial charge in [-0.25, -0.2) is 13.2 Å². The lowest BCUT2D eigenvalue weighted by Crippen LogP contribution is -2.10. The number of carbonyl (C=O) groups excluding carboxylic acids is 1. The zero-order chi connectivity index (χ0) is 18.6. The van der Waals surface area contributed by atoms with E-state index in [0.717, 1.165) is 0 Å². The molecular formula is C21H24O4S. The van der Waals surface area contributed by atoms with E-state index >= 15 is 0 Å². The second-order valence-electron chi connectivity index (χ2n) is 7.06. The lowest BCUT2D eigenvalue weighted by Gasteiger charge is -2.22. The van der Waals surface area contributed by atoms with Gasteiger partial charge in [0.15, 0.2) is 9.84 Å². The molecular weight excluding hydrogens is 348 g/mol. The maximum absolute atomic E-state index is 12.3.